The lowest BCUT2D eigenvalue weighted by molar-refractivity contribution is -0.120. The number of aromatic nitrogens is 1. The zero-order valence-corrected chi connectivity index (χ0v) is 20.9. The highest BCUT2D eigenvalue weighted by atomic mass is 16.6. The van der Waals surface area contributed by atoms with Gasteiger partial charge in [0.25, 0.3) is 0 Å². The van der Waals surface area contributed by atoms with Crippen LogP contribution in [0.5, 0.6) is 5.75 Å². The van der Waals surface area contributed by atoms with Gasteiger partial charge in [0.1, 0.15) is 5.75 Å². The molecule has 0 unspecified atom stereocenters. The number of rotatable bonds is 8. The summed E-state index contributed by atoms with van der Waals surface area (Å²) in [5, 5.41) is 13.5. The Bertz CT molecular complexity index is 1280. The van der Waals surface area contributed by atoms with Crippen LogP contribution in [0.4, 0.5) is 16.2 Å². The molecule has 2 aromatic carbocycles. The van der Waals surface area contributed by atoms with E-state index in [-0.39, 0.29) is 30.9 Å². The molecule has 1 heterocycles. The van der Waals surface area contributed by atoms with Crippen molar-refractivity contribution in [3.05, 3.63) is 42.5 Å². The highest BCUT2D eigenvalue weighted by molar-refractivity contribution is 6.02. The summed E-state index contributed by atoms with van der Waals surface area (Å²) in [6, 6.07) is 13.7. The van der Waals surface area contributed by atoms with E-state index < -0.39 is 6.09 Å². The van der Waals surface area contributed by atoms with Crippen molar-refractivity contribution in [2.75, 3.05) is 17.7 Å². The predicted molar refractivity (Wildman–Crippen MR) is 142 cm³/mol. The second kappa shape index (κ2) is 10.7. The summed E-state index contributed by atoms with van der Waals surface area (Å²) in [6.07, 6.45) is 2.80. The molecular formula is C27H33N5O4. The monoisotopic (exact) mass is 491 g/mol. The molecule has 36 heavy (non-hydrogen) atoms. The van der Waals surface area contributed by atoms with Crippen LogP contribution in [-0.2, 0) is 9.53 Å². The van der Waals surface area contributed by atoms with Crippen molar-refractivity contribution in [2.24, 2.45) is 0 Å². The van der Waals surface area contributed by atoms with Gasteiger partial charge in [0.15, 0.2) is 0 Å². The fourth-order valence-electron chi connectivity index (χ4n) is 4.33. The quantitative estimate of drug-likeness (QED) is 0.246. The molecule has 9 heteroatoms. The molecule has 3 aromatic rings. The van der Waals surface area contributed by atoms with Crippen LogP contribution >= 0.6 is 0 Å². The number of amides is 2. The second-order valence-electron chi connectivity index (χ2n) is 9.32. The number of ether oxygens (including phenoxy) is 2. The van der Waals surface area contributed by atoms with Gasteiger partial charge in [-0.05, 0) is 64.3 Å². The van der Waals surface area contributed by atoms with E-state index in [2.05, 4.69) is 15.2 Å². The van der Waals surface area contributed by atoms with Gasteiger partial charge in [-0.2, -0.15) is 0 Å². The first-order valence-electron chi connectivity index (χ1n) is 12.2. The van der Waals surface area contributed by atoms with Gasteiger partial charge in [-0.1, -0.05) is 12.1 Å². The van der Waals surface area contributed by atoms with Gasteiger partial charge in [-0.3, -0.25) is 15.5 Å². The maximum atomic E-state index is 11.9. The first-order chi connectivity index (χ1) is 17.2. The summed E-state index contributed by atoms with van der Waals surface area (Å²) in [4.78, 5) is 23.7. The molecule has 5 N–H and O–H groups in total. The number of fused-ring (bicyclic) bond motifs is 1. The number of nitrogens with one attached hydrogen (secondary N) is 3. The SMILES string of the molecule is CC(=N)NC(=O)CCOc1ccc2c(N)c(-c3ccc(NC(=O)OC(C)C)cc3)n(C3CCC3)c2c1. The van der Waals surface area contributed by atoms with E-state index in [0.717, 1.165) is 35.0 Å². The number of nitrogens with two attached hydrogens (primary N) is 1. The number of anilines is 2. The maximum absolute atomic E-state index is 11.9. The van der Waals surface area contributed by atoms with E-state index in [0.29, 0.717) is 23.2 Å². The fourth-order valence-corrected chi connectivity index (χ4v) is 4.33. The Labute approximate surface area is 210 Å². The van der Waals surface area contributed by atoms with Crippen molar-refractivity contribution < 1.29 is 19.1 Å². The van der Waals surface area contributed by atoms with Gasteiger partial charge in [-0.25, -0.2) is 4.79 Å². The number of hydrogen-bond acceptors (Lipinski definition) is 6. The van der Waals surface area contributed by atoms with Crippen molar-refractivity contribution in [2.45, 2.75) is 58.6 Å². The third kappa shape index (κ3) is 5.62. The normalized spacial score (nSPS) is 13.3. The highest BCUT2D eigenvalue weighted by Gasteiger charge is 2.27. The van der Waals surface area contributed by atoms with Crippen LogP contribution in [0.15, 0.2) is 42.5 Å². The van der Waals surface area contributed by atoms with Gasteiger partial charge in [0.05, 0.1) is 41.9 Å². The molecule has 9 nitrogen and oxygen atoms in total. The van der Waals surface area contributed by atoms with Crippen LogP contribution in [-0.4, -0.2) is 35.1 Å². The minimum Gasteiger partial charge on any atom is -0.493 e. The molecule has 0 bridgehead atoms. The average molecular weight is 492 g/mol. The molecule has 1 aliphatic carbocycles. The van der Waals surface area contributed by atoms with Crippen molar-refractivity contribution in [1.82, 2.24) is 9.88 Å². The number of amidine groups is 1. The first kappa shape index (κ1) is 25.1. The Balaban J connectivity index is 1.60. The van der Waals surface area contributed by atoms with Crippen molar-refractivity contribution in [3.63, 3.8) is 0 Å². The summed E-state index contributed by atoms with van der Waals surface area (Å²) in [5.41, 5.74) is 10.9. The first-order valence-corrected chi connectivity index (χ1v) is 12.2. The molecule has 0 spiro atoms. The molecule has 0 aliphatic heterocycles. The molecule has 0 atom stereocenters. The summed E-state index contributed by atoms with van der Waals surface area (Å²) in [5.74, 6) is 0.528. The Hall–Kier alpha value is -4.01. The Morgan fingerprint density at radius 3 is 2.50 bits per heavy atom. The van der Waals surface area contributed by atoms with Crippen molar-refractivity contribution in [1.29, 1.82) is 5.41 Å². The Kier molecular flexibility index (Phi) is 7.47. The summed E-state index contributed by atoms with van der Waals surface area (Å²) in [7, 11) is 0. The van der Waals surface area contributed by atoms with Crippen LogP contribution in [0.1, 0.15) is 52.5 Å². The van der Waals surface area contributed by atoms with Gasteiger partial charge >= 0.3 is 6.09 Å². The standard InChI is InChI=1S/C27H33N5O4/c1-16(2)36-27(34)31-19-9-7-18(8-10-19)26-25(29)22-12-11-21(35-14-13-24(33)30-17(3)28)15-23(22)32(26)20-5-4-6-20/h7-12,15-16,20H,4-6,13-14,29H2,1-3H3,(H,31,34)(H2,28,30,33). The molecule has 4 rings (SSSR count). The van der Waals surface area contributed by atoms with Crippen LogP contribution in [0.25, 0.3) is 22.2 Å². The molecule has 0 saturated heterocycles. The molecule has 190 valence electrons. The predicted octanol–water partition coefficient (Wildman–Crippen LogP) is 5.45. The Morgan fingerprint density at radius 1 is 1.17 bits per heavy atom. The van der Waals surface area contributed by atoms with E-state index >= 15 is 0 Å². The summed E-state index contributed by atoms with van der Waals surface area (Å²) < 4.78 is 13.3. The number of benzene rings is 2. The topological polar surface area (TPSA) is 131 Å². The molecule has 1 fully saturated rings. The van der Waals surface area contributed by atoms with E-state index in [1.54, 1.807) is 13.8 Å². The van der Waals surface area contributed by atoms with Gasteiger partial charge in [-0.15, -0.1) is 0 Å². The van der Waals surface area contributed by atoms with Crippen molar-refractivity contribution in [3.8, 4) is 17.0 Å². The molecular weight excluding hydrogens is 458 g/mol. The Morgan fingerprint density at radius 2 is 1.89 bits per heavy atom. The zero-order chi connectivity index (χ0) is 25.8. The lowest BCUT2D eigenvalue weighted by Gasteiger charge is -2.30. The zero-order valence-electron chi connectivity index (χ0n) is 20.9. The number of nitrogens with zero attached hydrogens (tertiary/aromatic N) is 1. The van der Waals surface area contributed by atoms with E-state index in [4.69, 9.17) is 20.6 Å². The molecule has 1 saturated carbocycles. The minimum atomic E-state index is -0.487. The molecule has 1 aliphatic rings. The highest BCUT2D eigenvalue weighted by Crippen LogP contribution is 2.44. The van der Waals surface area contributed by atoms with Crippen molar-refractivity contribution >= 4 is 40.1 Å². The minimum absolute atomic E-state index is 0.113. The molecule has 0 radical (unpaired) electrons. The van der Waals surface area contributed by atoms with Gasteiger partial charge in [0, 0.05) is 28.7 Å². The summed E-state index contributed by atoms with van der Waals surface area (Å²) in [6.45, 7) is 5.34. The number of carbonyl (C=O) groups is 2. The van der Waals surface area contributed by atoms with E-state index in [1.165, 1.54) is 13.3 Å². The average Bonchev–Trinajstić information content (AvgIpc) is 3.04. The third-order valence-corrected chi connectivity index (χ3v) is 6.13. The fraction of sp³-hybridized carbons (Fsp3) is 0.370. The van der Waals surface area contributed by atoms with Gasteiger partial charge in [0.2, 0.25) is 5.91 Å². The smallest absolute Gasteiger partial charge is 0.411 e. The summed E-state index contributed by atoms with van der Waals surface area (Å²) >= 11 is 0. The number of nitrogen functional groups attached to an aromatic ring is 1. The lowest BCUT2D eigenvalue weighted by Crippen LogP contribution is -2.28. The van der Waals surface area contributed by atoms with E-state index in [9.17, 15) is 9.59 Å². The molecule has 1 aromatic heterocycles. The second-order valence-corrected chi connectivity index (χ2v) is 9.32. The maximum Gasteiger partial charge on any atom is 0.411 e. The van der Waals surface area contributed by atoms with Crippen LogP contribution < -0.4 is 21.1 Å². The number of carbonyl (C=O) groups excluding carboxylic acids is 2. The van der Waals surface area contributed by atoms with Crippen LogP contribution in [0, 0.1) is 5.41 Å². The largest absolute Gasteiger partial charge is 0.493 e. The molecule has 2 amide bonds. The van der Waals surface area contributed by atoms with E-state index in [1.807, 2.05) is 42.5 Å². The van der Waals surface area contributed by atoms with Crippen LogP contribution in [0.2, 0.25) is 0 Å². The third-order valence-electron chi connectivity index (χ3n) is 6.13. The lowest BCUT2D eigenvalue weighted by atomic mass is 9.92. The number of hydrogen-bond donors (Lipinski definition) is 4. The van der Waals surface area contributed by atoms with Gasteiger partial charge < -0.3 is 25.1 Å². The van der Waals surface area contributed by atoms with Crippen LogP contribution in [0.3, 0.4) is 0 Å².